The fourth-order valence-corrected chi connectivity index (χ4v) is 4.75. The van der Waals surface area contributed by atoms with Gasteiger partial charge in [-0.15, -0.1) is 0 Å². The molecule has 5 nitrogen and oxygen atoms in total. The number of aryl methyl sites for hydroxylation is 1. The number of anilines is 1. The number of piperazine rings is 1. The van der Waals surface area contributed by atoms with Gasteiger partial charge in [-0.25, -0.2) is 4.98 Å². The predicted molar refractivity (Wildman–Crippen MR) is 123 cm³/mol. The second-order valence-electron chi connectivity index (χ2n) is 8.25. The Morgan fingerprint density at radius 3 is 2.39 bits per heavy atom. The normalized spacial score (nSPS) is 14.8. The summed E-state index contributed by atoms with van der Waals surface area (Å²) < 4.78 is 2.16. The van der Waals surface area contributed by atoms with E-state index in [0.717, 1.165) is 59.7 Å². The monoisotopic (exact) mass is 412 g/mol. The maximum atomic E-state index is 13.6. The van der Waals surface area contributed by atoms with E-state index in [4.69, 9.17) is 0 Å². The smallest absolute Gasteiger partial charge is 0.274 e. The van der Waals surface area contributed by atoms with Crippen molar-refractivity contribution in [1.82, 2.24) is 4.57 Å². The molecule has 0 bridgehead atoms. The van der Waals surface area contributed by atoms with Gasteiger partial charge in [-0.05, 0) is 17.7 Å². The second-order valence-corrected chi connectivity index (χ2v) is 8.25. The topological polar surface area (TPSA) is 43.8 Å². The minimum Gasteiger partial charge on any atom is -0.343 e. The highest BCUT2D eigenvalue weighted by Gasteiger charge is 2.30. The molecule has 0 saturated carbocycles. The van der Waals surface area contributed by atoms with Crippen molar-refractivity contribution < 1.29 is 14.7 Å². The standard InChI is InChI=1S/C26H26N4O/c1-28-22-12-6-5-11-21(22)25(26(28)20-9-3-2-4-10-20)23(31)19-29-15-17-30(18-16-29)24-13-7-8-14-27-24/h2-14H,15-19H2,1H3/p+2. The maximum absolute atomic E-state index is 13.6. The van der Waals surface area contributed by atoms with E-state index in [1.54, 1.807) is 0 Å². The fourth-order valence-electron chi connectivity index (χ4n) is 4.75. The van der Waals surface area contributed by atoms with Crippen molar-refractivity contribution in [3.8, 4) is 11.3 Å². The van der Waals surface area contributed by atoms with Crippen molar-refractivity contribution in [3.05, 3.63) is 84.6 Å². The Balaban J connectivity index is 1.41. The maximum Gasteiger partial charge on any atom is 0.274 e. The number of nitrogens with one attached hydrogen (secondary N) is 2. The van der Waals surface area contributed by atoms with Crippen molar-refractivity contribution in [1.29, 1.82) is 0 Å². The summed E-state index contributed by atoms with van der Waals surface area (Å²) >= 11 is 0. The number of pyridine rings is 1. The molecule has 0 radical (unpaired) electrons. The van der Waals surface area contributed by atoms with Crippen LogP contribution < -0.4 is 14.8 Å². The summed E-state index contributed by atoms with van der Waals surface area (Å²) in [6.07, 6.45) is 1.96. The molecule has 1 fully saturated rings. The fraction of sp³-hybridized carbons (Fsp3) is 0.231. The first-order valence-corrected chi connectivity index (χ1v) is 10.9. The molecule has 4 aromatic rings. The lowest BCUT2D eigenvalue weighted by Gasteiger charge is -2.27. The van der Waals surface area contributed by atoms with E-state index in [9.17, 15) is 4.79 Å². The Bertz CT molecular complexity index is 1190. The van der Waals surface area contributed by atoms with Crippen molar-refractivity contribution >= 4 is 22.5 Å². The summed E-state index contributed by atoms with van der Waals surface area (Å²) in [5, 5.41) is 1.05. The third-order valence-corrected chi connectivity index (χ3v) is 6.35. The van der Waals surface area contributed by atoms with Crippen LogP contribution in [0.2, 0.25) is 0 Å². The molecule has 2 aromatic carbocycles. The lowest BCUT2D eigenvalue weighted by molar-refractivity contribution is -0.892. The van der Waals surface area contributed by atoms with Gasteiger partial charge < -0.3 is 9.47 Å². The van der Waals surface area contributed by atoms with E-state index >= 15 is 0 Å². The van der Waals surface area contributed by atoms with Crippen LogP contribution in [0.25, 0.3) is 22.2 Å². The van der Waals surface area contributed by atoms with Gasteiger partial charge in [0, 0.05) is 24.0 Å². The van der Waals surface area contributed by atoms with Crippen LogP contribution in [-0.4, -0.2) is 43.1 Å². The van der Waals surface area contributed by atoms with Crippen LogP contribution >= 0.6 is 0 Å². The number of aromatic nitrogens is 2. The van der Waals surface area contributed by atoms with E-state index < -0.39 is 0 Å². The lowest BCUT2D eigenvalue weighted by Crippen LogP contribution is -3.15. The number of nitrogens with zero attached hydrogens (tertiary/aromatic N) is 2. The minimum atomic E-state index is 0.227. The number of fused-ring (bicyclic) bond motifs is 1. The summed E-state index contributed by atoms with van der Waals surface area (Å²) in [5.74, 6) is 1.37. The molecule has 0 atom stereocenters. The molecule has 5 heteroatoms. The molecule has 1 saturated heterocycles. The molecule has 1 aliphatic heterocycles. The van der Waals surface area contributed by atoms with Gasteiger partial charge in [0.05, 0.1) is 17.5 Å². The molecular weight excluding hydrogens is 384 g/mol. The molecule has 2 aromatic heterocycles. The molecule has 0 unspecified atom stereocenters. The summed E-state index contributed by atoms with van der Waals surface area (Å²) in [7, 11) is 2.06. The molecule has 2 N–H and O–H groups in total. The second kappa shape index (κ2) is 8.36. The van der Waals surface area contributed by atoms with Crippen molar-refractivity contribution in [3.63, 3.8) is 0 Å². The number of aromatic amines is 1. The molecule has 5 rings (SSSR count). The summed E-state index contributed by atoms with van der Waals surface area (Å²) in [5.41, 5.74) is 4.06. The molecule has 3 heterocycles. The molecule has 0 amide bonds. The summed E-state index contributed by atoms with van der Waals surface area (Å²) in [6.45, 7) is 4.34. The molecule has 0 spiro atoms. The van der Waals surface area contributed by atoms with Crippen LogP contribution in [0.3, 0.4) is 0 Å². The Hall–Kier alpha value is -3.44. The van der Waals surface area contributed by atoms with Crippen molar-refractivity contribution in [2.45, 2.75) is 0 Å². The van der Waals surface area contributed by atoms with Crippen LogP contribution in [0.5, 0.6) is 0 Å². The quantitative estimate of drug-likeness (QED) is 0.511. The molecule has 31 heavy (non-hydrogen) atoms. The van der Waals surface area contributed by atoms with E-state index in [1.807, 2.05) is 42.6 Å². The van der Waals surface area contributed by atoms with Gasteiger partial charge in [-0.3, -0.25) is 9.69 Å². The number of para-hydroxylation sites is 1. The van der Waals surface area contributed by atoms with E-state index in [-0.39, 0.29) is 5.78 Å². The number of hydrogen-bond donors (Lipinski definition) is 1. The summed E-state index contributed by atoms with van der Waals surface area (Å²) in [6, 6.07) is 24.7. The number of carbonyl (C=O) groups is 1. The number of hydrogen-bond acceptors (Lipinski definition) is 2. The number of Topliss-reactive ketones (excluding diaryl/α,β-unsaturated/α-hetero) is 1. The number of benzene rings is 2. The highest BCUT2D eigenvalue weighted by Crippen LogP contribution is 2.33. The van der Waals surface area contributed by atoms with Crippen LogP contribution in [0.1, 0.15) is 10.4 Å². The van der Waals surface area contributed by atoms with Crippen LogP contribution in [0.15, 0.2) is 79.0 Å². The largest absolute Gasteiger partial charge is 0.343 e. The van der Waals surface area contributed by atoms with Crippen molar-refractivity contribution in [2.24, 2.45) is 7.05 Å². The van der Waals surface area contributed by atoms with Crippen LogP contribution in [0.4, 0.5) is 5.82 Å². The number of rotatable bonds is 5. The average molecular weight is 413 g/mol. The first-order chi connectivity index (χ1) is 15.2. The van der Waals surface area contributed by atoms with Crippen molar-refractivity contribution in [2.75, 3.05) is 37.6 Å². The third kappa shape index (κ3) is 3.73. The number of carbonyl (C=O) groups excluding carboxylic acids is 1. The molecular formula is C26H28N4O+2. The Labute approximate surface area is 182 Å². The van der Waals surface area contributed by atoms with Gasteiger partial charge >= 0.3 is 0 Å². The molecule has 156 valence electrons. The minimum absolute atomic E-state index is 0.227. The Morgan fingerprint density at radius 1 is 0.935 bits per heavy atom. The van der Waals surface area contributed by atoms with Gasteiger partial charge in [0.2, 0.25) is 5.78 Å². The highest BCUT2D eigenvalue weighted by atomic mass is 16.1. The molecule has 0 aliphatic carbocycles. The van der Waals surface area contributed by atoms with Gasteiger partial charge in [0.25, 0.3) is 5.82 Å². The van der Waals surface area contributed by atoms with E-state index in [0.29, 0.717) is 6.54 Å². The third-order valence-electron chi connectivity index (χ3n) is 6.35. The number of H-pyrrole nitrogens is 1. The van der Waals surface area contributed by atoms with Crippen LogP contribution in [-0.2, 0) is 7.05 Å². The molecule has 1 aliphatic rings. The zero-order valence-corrected chi connectivity index (χ0v) is 17.8. The van der Waals surface area contributed by atoms with Gasteiger partial charge in [0.1, 0.15) is 32.7 Å². The van der Waals surface area contributed by atoms with Crippen LogP contribution in [0, 0.1) is 0 Å². The zero-order valence-electron chi connectivity index (χ0n) is 17.8. The Kier molecular flexibility index (Phi) is 5.26. The first-order valence-electron chi connectivity index (χ1n) is 10.9. The van der Waals surface area contributed by atoms with Gasteiger partial charge in [0.15, 0.2) is 0 Å². The van der Waals surface area contributed by atoms with E-state index in [2.05, 4.69) is 57.9 Å². The highest BCUT2D eigenvalue weighted by molar-refractivity contribution is 6.14. The first kappa shape index (κ1) is 19.5. The number of quaternary nitrogens is 1. The SMILES string of the molecule is Cn1c(-c2ccccc2)c(C(=O)C[NH+]2CCN(c3cccc[nH+]3)CC2)c2ccccc21. The van der Waals surface area contributed by atoms with E-state index in [1.165, 1.54) is 4.90 Å². The average Bonchev–Trinajstić information content (AvgIpc) is 3.13. The van der Waals surface area contributed by atoms with Gasteiger partial charge in [-0.1, -0.05) is 54.6 Å². The summed E-state index contributed by atoms with van der Waals surface area (Å²) in [4.78, 5) is 20.7. The predicted octanol–water partition coefficient (Wildman–Crippen LogP) is 2.25. The number of ketones is 1. The Morgan fingerprint density at radius 2 is 1.65 bits per heavy atom. The van der Waals surface area contributed by atoms with Gasteiger partial charge in [-0.2, -0.15) is 0 Å². The zero-order chi connectivity index (χ0) is 21.2. The lowest BCUT2D eigenvalue weighted by atomic mass is 10.0.